The molecular weight excluding hydrogens is 255 g/mol. The van der Waals surface area contributed by atoms with Crippen molar-refractivity contribution in [1.82, 2.24) is 0 Å². The second-order valence-corrected chi connectivity index (χ2v) is 4.42. The van der Waals surface area contributed by atoms with Crippen molar-refractivity contribution in [2.45, 2.75) is 11.3 Å². The zero-order valence-electron chi connectivity index (χ0n) is 8.30. The van der Waals surface area contributed by atoms with E-state index < -0.39 is 10.8 Å². The van der Waals surface area contributed by atoms with Gasteiger partial charge < -0.3 is 10.9 Å². The van der Waals surface area contributed by atoms with Crippen LogP contribution < -0.4 is 5.73 Å². The summed E-state index contributed by atoms with van der Waals surface area (Å²) in [7, 11) is -1.25. The highest BCUT2D eigenvalue weighted by atomic mass is 35.5. The number of oxime groups is 1. The summed E-state index contributed by atoms with van der Waals surface area (Å²) >= 11 is 0. The molecule has 3 N–H and O–H groups in total. The summed E-state index contributed by atoms with van der Waals surface area (Å²) in [5, 5.41) is 11.0. The molecular formula is C9H12ClFN2O2S. The maximum Gasteiger partial charge on any atom is 0.140 e. The molecule has 0 aromatic heterocycles. The van der Waals surface area contributed by atoms with Gasteiger partial charge in [0.05, 0.1) is 10.8 Å². The SMILES string of the molecule is Cl.NC(CCS(=O)c1ccc(F)cc1)=NO. The molecule has 1 atom stereocenters. The zero-order chi connectivity index (χ0) is 11.3. The van der Waals surface area contributed by atoms with Gasteiger partial charge in [-0.2, -0.15) is 0 Å². The number of hydrogen-bond donors (Lipinski definition) is 2. The molecule has 0 heterocycles. The van der Waals surface area contributed by atoms with Crippen LogP contribution >= 0.6 is 12.4 Å². The molecule has 16 heavy (non-hydrogen) atoms. The summed E-state index contributed by atoms with van der Waals surface area (Å²) in [5.41, 5.74) is 5.23. The Hall–Kier alpha value is -1.14. The first-order valence-corrected chi connectivity index (χ1v) is 5.55. The summed E-state index contributed by atoms with van der Waals surface area (Å²) in [6, 6.07) is 5.41. The third-order valence-electron chi connectivity index (χ3n) is 1.75. The minimum Gasteiger partial charge on any atom is -0.409 e. The van der Waals surface area contributed by atoms with Gasteiger partial charge in [0.15, 0.2) is 0 Å². The van der Waals surface area contributed by atoms with Crippen molar-refractivity contribution in [3.8, 4) is 0 Å². The van der Waals surface area contributed by atoms with Crippen molar-refractivity contribution in [2.24, 2.45) is 10.9 Å². The van der Waals surface area contributed by atoms with E-state index in [1.807, 2.05) is 0 Å². The largest absolute Gasteiger partial charge is 0.409 e. The van der Waals surface area contributed by atoms with Crippen LogP contribution in [0.1, 0.15) is 6.42 Å². The van der Waals surface area contributed by atoms with Crippen LogP contribution in [0.3, 0.4) is 0 Å². The lowest BCUT2D eigenvalue weighted by atomic mass is 10.4. The van der Waals surface area contributed by atoms with Crippen LogP contribution in [0.5, 0.6) is 0 Å². The van der Waals surface area contributed by atoms with Crippen molar-refractivity contribution in [3.63, 3.8) is 0 Å². The molecule has 1 aromatic carbocycles. The van der Waals surface area contributed by atoms with Gasteiger partial charge in [0, 0.05) is 17.1 Å². The second kappa shape index (κ2) is 7.19. The van der Waals surface area contributed by atoms with Crippen molar-refractivity contribution in [3.05, 3.63) is 30.1 Å². The average Bonchev–Trinajstić information content (AvgIpc) is 2.26. The molecule has 7 heteroatoms. The fraction of sp³-hybridized carbons (Fsp3) is 0.222. The van der Waals surface area contributed by atoms with Crippen LogP contribution in [0.2, 0.25) is 0 Å². The number of nitrogens with two attached hydrogens (primary N) is 1. The smallest absolute Gasteiger partial charge is 0.140 e. The maximum atomic E-state index is 12.5. The van der Waals surface area contributed by atoms with Crippen molar-refractivity contribution in [2.75, 3.05) is 5.75 Å². The van der Waals surface area contributed by atoms with E-state index in [9.17, 15) is 8.60 Å². The predicted molar refractivity (Wildman–Crippen MR) is 62.9 cm³/mol. The van der Waals surface area contributed by atoms with Crippen LogP contribution in [0.15, 0.2) is 34.3 Å². The lowest BCUT2D eigenvalue weighted by molar-refractivity contribution is 0.317. The molecule has 4 nitrogen and oxygen atoms in total. The van der Waals surface area contributed by atoms with E-state index in [0.717, 1.165) is 0 Å². The van der Waals surface area contributed by atoms with Crippen LogP contribution in [0.4, 0.5) is 4.39 Å². The molecule has 0 saturated carbocycles. The van der Waals surface area contributed by atoms with Gasteiger partial charge in [-0.3, -0.25) is 4.21 Å². The predicted octanol–water partition coefficient (Wildman–Crippen LogP) is 1.49. The minimum absolute atomic E-state index is 0. The molecule has 0 saturated heterocycles. The van der Waals surface area contributed by atoms with E-state index >= 15 is 0 Å². The molecule has 0 aliphatic heterocycles. The Kier molecular flexibility index (Phi) is 6.67. The molecule has 1 unspecified atom stereocenters. The summed E-state index contributed by atoms with van der Waals surface area (Å²) in [6.45, 7) is 0. The van der Waals surface area contributed by atoms with Crippen molar-refractivity contribution in [1.29, 1.82) is 0 Å². The maximum absolute atomic E-state index is 12.5. The Morgan fingerprint density at radius 3 is 2.50 bits per heavy atom. The van der Waals surface area contributed by atoms with Crippen LogP contribution in [-0.2, 0) is 10.8 Å². The topological polar surface area (TPSA) is 75.7 Å². The molecule has 90 valence electrons. The Labute approximate surface area is 101 Å². The van der Waals surface area contributed by atoms with E-state index in [1.165, 1.54) is 24.3 Å². The lowest BCUT2D eigenvalue weighted by Gasteiger charge is -2.01. The molecule has 0 aliphatic rings. The molecule has 0 aliphatic carbocycles. The molecule has 0 amide bonds. The first kappa shape index (κ1) is 14.9. The number of nitrogens with zero attached hydrogens (tertiary/aromatic N) is 1. The highest BCUT2D eigenvalue weighted by molar-refractivity contribution is 7.85. The Morgan fingerprint density at radius 2 is 2.00 bits per heavy atom. The second-order valence-electron chi connectivity index (χ2n) is 2.84. The van der Waals surface area contributed by atoms with E-state index in [-0.39, 0.29) is 36.2 Å². The van der Waals surface area contributed by atoms with Gasteiger partial charge in [0.25, 0.3) is 0 Å². The highest BCUT2D eigenvalue weighted by Crippen LogP contribution is 2.08. The number of amidine groups is 1. The highest BCUT2D eigenvalue weighted by Gasteiger charge is 2.05. The number of halogens is 2. The van der Waals surface area contributed by atoms with Gasteiger partial charge in [-0.15, -0.1) is 12.4 Å². The molecule has 0 radical (unpaired) electrons. The summed E-state index contributed by atoms with van der Waals surface area (Å²) in [5.74, 6) is -0.0840. The monoisotopic (exact) mass is 266 g/mol. The van der Waals surface area contributed by atoms with E-state index in [1.54, 1.807) is 0 Å². The van der Waals surface area contributed by atoms with Gasteiger partial charge in [-0.25, -0.2) is 4.39 Å². The first-order valence-electron chi connectivity index (χ1n) is 4.24. The molecule has 0 spiro atoms. The lowest BCUT2D eigenvalue weighted by Crippen LogP contribution is -2.15. The Morgan fingerprint density at radius 1 is 1.44 bits per heavy atom. The average molecular weight is 267 g/mol. The van der Waals surface area contributed by atoms with Crippen LogP contribution in [0, 0.1) is 5.82 Å². The number of rotatable bonds is 4. The van der Waals surface area contributed by atoms with Crippen molar-refractivity contribution < 1.29 is 13.8 Å². The van der Waals surface area contributed by atoms with Gasteiger partial charge in [-0.1, -0.05) is 5.16 Å². The van der Waals surface area contributed by atoms with Gasteiger partial charge in [-0.05, 0) is 24.3 Å². The van der Waals surface area contributed by atoms with E-state index in [2.05, 4.69) is 5.16 Å². The van der Waals surface area contributed by atoms with Gasteiger partial charge in [0.2, 0.25) is 0 Å². The third-order valence-corrected chi connectivity index (χ3v) is 3.12. The molecule has 1 rings (SSSR count). The third kappa shape index (κ3) is 4.59. The normalized spacial score (nSPS) is 12.9. The van der Waals surface area contributed by atoms with Crippen LogP contribution in [0.25, 0.3) is 0 Å². The molecule has 0 bridgehead atoms. The number of hydrogen-bond acceptors (Lipinski definition) is 3. The van der Waals surface area contributed by atoms with Gasteiger partial charge >= 0.3 is 0 Å². The zero-order valence-corrected chi connectivity index (χ0v) is 9.93. The Bertz CT molecular complexity index is 384. The summed E-state index contributed by atoms with van der Waals surface area (Å²) < 4.78 is 24.1. The molecule has 0 fully saturated rings. The standard InChI is InChI=1S/C9H11FN2O2S.ClH/c10-7-1-3-8(4-2-7)15(14)6-5-9(11)12-13;/h1-4,13H,5-6H2,(H2,11,12);1H. The quantitative estimate of drug-likeness (QED) is 0.375. The fourth-order valence-corrected chi connectivity index (χ4v) is 2.02. The van der Waals surface area contributed by atoms with Crippen molar-refractivity contribution >= 4 is 29.0 Å². The number of benzene rings is 1. The van der Waals surface area contributed by atoms with E-state index in [0.29, 0.717) is 4.90 Å². The summed E-state index contributed by atoms with van der Waals surface area (Å²) in [4.78, 5) is 0.530. The van der Waals surface area contributed by atoms with Crippen LogP contribution in [-0.4, -0.2) is 21.0 Å². The fourth-order valence-electron chi connectivity index (χ4n) is 0.951. The summed E-state index contributed by atoms with van der Waals surface area (Å²) in [6.07, 6.45) is 0.237. The van der Waals surface area contributed by atoms with Gasteiger partial charge in [0.1, 0.15) is 11.7 Å². The molecule has 1 aromatic rings. The first-order chi connectivity index (χ1) is 7.13. The van der Waals surface area contributed by atoms with E-state index in [4.69, 9.17) is 10.9 Å². The minimum atomic E-state index is -1.25. The Balaban J connectivity index is 0.00000225.